The Balaban J connectivity index is 2.03. The van der Waals surface area contributed by atoms with Gasteiger partial charge in [-0.15, -0.1) is 0 Å². The lowest BCUT2D eigenvalue weighted by Gasteiger charge is -2.06. The number of ether oxygens (including phenoxy) is 1. The van der Waals surface area contributed by atoms with Gasteiger partial charge in [-0.25, -0.2) is 14.4 Å². The van der Waals surface area contributed by atoms with E-state index < -0.39 is 0 Å². The molecule has 0 aliphatic carbocycles. The molecule has 0 aliphatic heterocycles. The predicted octanol–water partition coefficient (Wildman–Crippen LogP) is 1.29. The normalized spacial score (nSPS) is 11.3. The lowest BCUT2D eigenvalue weighted by molar-refractivity contribution is 0.286. The summed E-state index contributed by atoms with van der Waals surface area (Å²) in [5.41, 5.74) is 5.98. The minimum Gasteiger partial charge on any atom is -0.472 e. The van der Waals surface area contributed by atoms with E-state index in [9.17, 15) is 4.39 Å². The highest BCUT2D eigenvalue weighted by Crippen LogP contribution is 2.11. The van der Waals surface area contributed by atoms with Crippen LogP contribution >= 0.6 is 0 Å². The van der Waals surface area contributed by atoms with Crippen LogP contribution in [0.25, 0.3) is 0 Å². The molecule has 98 valence electrons. The fourth-order valence-corrected chi connectivity index (χ4v) is 1.34. The van der Waals surface area contributed by atoms with Gasteiger partial charge >= 0.3 is 0 Å². The molecule has 1 heterocycles. The minimum atomic E-state index is -0.344. The number of oxime groups is 1. The maximum absolute atomic E-state index is 13.3. The van der Waals surface area contributed by atoms with Crippen LogP contribution < -0.4 is 10.5 Å². The van der Waals surface area contributed by atoms with Crippen molar-refractivity contribution in [3.8, 4) is 5.88 Å². The van der Waals surface area contributed by atoms with Gasteiger partial charge in [0.15, 0.2) is 5.84 Å². The fourth-order valence-electron chi connectivity index (χ4n) is 1.34. The third-order valence-corrected chi connectivity index (χ3v) is 2.33. The first kappa shape index (κ1) is 12.7. The fraction of sp³-hybridized carbons (Fsp3) is 0.0833. The van der Waals surface area contributed by atoms with Gasteiger partial charge in [0.05, 0.1) is 12.4 Å². The topological polar surface area (TPSA) is 93.6 Å². The summed E-state index contributed by atoms with van der Waals surface area (Å²) in [6.45, 7) is 0.0459. The maximum Gasteiger partial charge on any atom is 0.232 e. The van der Waals surface area contributed by atoms with Gasteiger partial charge in [0, 0.05) is 5.56 Å². The van der Waals surface area contributed by atoms with Gasteiger partial charge in [-0.3, -0.25) is 0 Å². The van der Waals surface area contributed by atoms with Gasteiger partial charge in [-0.2, -0.15) is 0 Å². The molecule has 1 aromatic carbocycles. The molecular weight excluding hydrogens is 251 g/mol. The Morgan fingerprint density at radius 2 is 2.11 bits per heavy atom. The smallest absolute Gasteiger partial charge is 0.232 e. The third kappa shape index (κ3) is 3.15. The van der Waals surface area contributed by atoms with Crippen LogP contribution in [0.15, 0.2) is 41.8 Å². The van der Waals surface area contributed by atoms with Crippen LogP contribution in [0, 0.1) is 5.82 Å². The van der Waals surface area contributed by atoms with Crippen LogP contribution in [-0.4, -0.2) is 21.0 Å². The predicted molar refractivity (Wildman–Crippen MR) is 65.3 cm³/mol. The van der Waals surface area contributed by atoms with Gasteiger partial charge in [0.2, 0.25) is 5.88 Å². The standard InChI is InChI=1S/C12H11FN4O2/c13-9-4-2-1-3-8(9)7-19-11-6-15-10(5-16-11)12(14)17-18/h1-6,18H,7H2,(H2,14,17). The van der Waals surface area contributed by atoms with E-state index in [4.69, 9.17) is 15.7 Å². The van der Waals surface area contributed by atoms with Crippen LogP contribution in [-0.2, 0) is 6.61 Å². The Hall–Kier alpha value is -2.70. The zero-order valence-electron chi connectivity index (χ0n) is 9.82. The second-order valence-electron chi connectivity index (χ2n) is 3.61. The number of nitrogens with two attached hydrogens (primary N) is 1. The van der Waals surface area contributed by atoms with Crippen LogP contribution in [0.1, 0.15) is 11.3 Å². The van der Waals surface area contributed by atoms with Crippen LogP contribution in [0.2, 0.25) is 0 Å². The number of amidine groups is 1. The number of halogens is 1. The molecule has 0 amide bonds. The van der Waals surface area contributed by atoms with E-state index in [1.54, 1.807) is 18.2 Å². The Labute approximate surface area is 108 Å². The van der Waals surface area contributed by atoms with Crippen molar-refractivity contribution in [2.75, 3.05) is 0 Å². The van der Waals surface area contributed by atoms with Crippen molar-refractivity contribution in [3.05, 3.63) is 53.7 Å². The van der Waals surface area contributed by atoms with Crippen molar-refractivity contribution in [1.82, 2.24) is 9.97 Å². The molecule has 0 saturated carbocycles. The number of nitrogens with zero attached hydrogens (tertiary/aromatic N) is 3. The Bertz CT molecular complexity index is 587. The molecule has 0 atom stereocenters. The van der Waals surface area contributed by atoms with Crippen molar-refractivity contribution < 1.29 is 14.3 Å². The first-order valence-electron chi connectivity index (χ1n) is 5.37. The van der Waals surface area contributed by atoms with Gasteiger partial charge in [0.1, 0.15) is 18.1 Å². The SMILES string of the molecule is NC(=NO)c1cnc(OCc2ccccc2F)cn1. The molecule has 0 unspecified atom stereocenters. The number of rotatable bonds is 4. The lowest BCUT2D eigenvalue weighted by atomic mass is 10.2. The maximum atomic E-state index is 13.3. The molecule has 6 nitrogen and oxygen atoms in total. The molecule has 2 aromatic rings. The van der Waals surface area contributed by atoms with E-state index in [1.807, 2.05) is 0 Å². The third-order valence-electron chi connectivity index (χ3n) is 2.33. The summed E-state index contributed by atoms with van der Waals surface area (Å²) in [5.74, 6) is -0.269. The molecule has 0 bridgehead atoms. The van der Waals surface area contributed by atoms with E-state index >= 15 is 0 Å². The average molecular weight is 262 g/mol. The molecular formula is C12H11FN4O2. The van der Waals surface area contributed by atoms with Gasteiger partial charge < -0.3 is 15.7 Å². The number of hydrogen-bond donors (Lipinski definition) is 2. The monoisotopic (exact) mass is 262 g/mol. The van der Waals surface area contributed by atoms with E-state index in [-0.39, 0.29) is 29.8 Å². The average Bonchev–Trinajstić information content (AvgIpc) is 2.46. The zero-order chi connectivity index (χ0) is 13.7. The Morgan fingerprint density at radius 1 is 1.32 bits per heavy atom. The second-order valence-corrected chi connectivity index (χ2v) is 3.61. The first-order valence-corrected chi connectivity index (χ1v) is 5.37. The molecule has 19 heavy (non-hydrogen) atoms. The van der Waals surface area contributed by atoms with Crippen molar-refractivity contribution >= 4 is 5.84 Å². The highest BCUT2D eigenvalue weighted by atomic mass is 19.1. The number of aromatic nitrogens is 2. The van der Waals surface area contributed by atoms with Crippen molar-refractivity contribution in [1.29, 1.82) is 0 Å². The van der Waals surface area contributed by atoms with Crippen LogP contribution in [0.5, 0.6) is 5.88 Å². The summed E-state index contributed by atoms with van der Waals surface area (Å²) in [6, 6.07) is 6.29. The van der Waals surface area contributed by atoms with Gasteiger partial charge in [-0.1, -0.05) is 23.4 Å². The Morgan fingerprint density at radius 3 is 2.74 bits per heavy atom. The Kier molecular flexibility index (Phi) is 3.87. The summed E-state index contributed by atoms with van der Waals surface area (Å²) in [5, 5.41) is 11.3. The molecule has 2 rings (SSSR count). The largest absolute Gasteiger partial charge is 0.472 e. The van der Waals surface area contributed by atoms with E-state index in [2.05, 4.69) is 15.1 Å². The summed E-state index contributed by atoms with van der Waals surface area (Å²) in [4.78, 5) is 7.80. The molecule has 0 aliphatic rings. The number of benzene rings is 1. The lowest BCUT2D eigenvalue weighted by Crippen LogP contribution is -2.15. The summed E-state index contributed by atoms with van der Waals surface area (Å²) < 4.78 is 18.6. The molecule has 0 fully saturated rings. The van der Waals surface area contributed by atoms with Crippen LogP contribution in [0.4, 0.5) is 4.39 Å². The summed E-state index contributed by atoms with van der Waals surface area (Å²) in [6.07, 6.45) is 2.61. The zero-order valence-corrected chi connectivity index (χ0v) is 9.82. The second kappa shape index (κ2) is 5.76. The van der Waals surface area contributed by atoms with E-state index in [1.165, 1.54) is 18.5 Å². The van der Waals surface area contributed by atoms with E-state index in [0.29, 0.717) is 5.56 Å². The summed E-state index contributed by atoms with van der Waals surface area (Å²) >= 11 is 0. The molecule has 0 spiro atoms. The first-order chi connectivity index (χ1) is 9.20. The molecule has 0 radical (unpaired) electrons. The molecule has 1 aromatic heterocycles. The highest BCUT2D eigenvalue weighted by Gasteiger charge is 2.05. The molecule has 0 saturated heterocycles. The van der Waals surface area contributed by atoms with Crippen LogP contribution in [0.3, 0.4) is 0 Å². The van der Waals surface area contributed by atoms with Crippen molar-refractivity contribution in [2.24, 2.45) is 10.9 Å². The van der Waals surface area contributed by atoms with E-state index in [0.717, 1.165) is 0 Å². The van der Waals surface area contributed by atoms with Gasteiger partial charge in [-0.05, 0) is 6.07 Å². The molecule has 3 N–H and O–H groups in total. The van der Waals surface area contributed by atoms with Crippen molar-refractivity contribution in [2.45, 2.75) is 6.61 Å². The summed E-state index contributed by atoms with van der Waals surface area (Å²) in [7, 11) is 0. The highest BCUT2D eigenvalue weighted by molar-refractivity contribution is 5.94. The van der Waals surface area contributed by atoms with Gasteiger partial charge in [0.25, 0.3) is 0 Å². The number of hydrogen-bond acceptors (Lipinski definition) is 5. The minimum absolute atomic E-state index is 0.0459. The quantitative estimate of drug-likeness (QED) is 0.375. The van der Waals surface area contributed by atoms with Crippen molar-refractivity contribution in [3.63, 3.8) is 0 Å². The molecule has 7 heteroatoms.